The first-order chi connectivity index (χ1) is 11.7. The standard InChI is InChI=1S/C22H27NO/c1-22(23-15-16-7-4-3-5-8-16)12-11-17-9-6-10-18-13-19(24-2)14-20(22)21(17)18/h3-5,7-8,13-14,17,23H,6,9-12,15H2,1-2H3/t17-,22+/m0/s1. The molecule has 0 spiro atoms. The van der Waals surface area contributed by atoms with Crippen LogP contribution in [0.5, 0.6) is 5.75 Å². The zero-order valence-corrected chi connectivity index (χ0v) is 14.8. The van der Waals surface area contributed by atoms with E-state index in [1.54, 1.807) is 12.7 Å². The van der Waals surface area contributed by atoms with Gasteiger partial charge in [-0.3, -0.25) is 0 Å². The molecule has 2 aliphatic rings. The Balaban J connectivity index is 1.70. The molecule has 0 heterocycles. The van der Waals surface area contributed by atoms with Crippen LogP contribution in [0.1, 0.15) is 60.8 Å². The van der Waals surface area contributed by atoms with Crippen molar-refractivity contribution in [2.24, 2.45) is 0 Å². The first kappa shape index (κ1) is 15.7. The summed E-state index contributed by atoms with van der Waals surface area (Å²) in [5.41, 5.74) is 5.99. The molecule has 4 rings (SSSR count). The van der Waals surface area contributed by atoms with Gasteiger partial charge in [0.25, 0.3) is 0 Å². The molecule has 0 saturated heterocycles. The minimum Gasteiger partial charge on any atom is -0.497 e. The topological polar surface area (TPSA) is 21.3 Å². The minimum absolute atomic E-state index is 0.0301. The maximum absolute atomic E-state index is 5.61. The van der Waals surface area contributed by atoms with Gasteiger partial charge in [-0.2, -0.15) is 0 Å². The SMILES string of the molecule is COc1cc2c3c(c1)[C@](C)(NCc1ccccc1)CC[C@@H]3CCC2. The highest BCUT2D eigenvalue weighted by molar-refractivity contribution is 5.50. The molecule has 2 aromatic carbocycles. The van der Waals surface area contributed by atoms with Crippen molar-refractivity contribution in [3.8, 4) is 5.75 Å². The van der Waals surface area contributed by atoms with Crippen molar-refractivity contribution < 1.29 is 4.74 Å². The first-order valence-corrected chi connectivity index (χ1v) is 9.20. The van der Waals surface area contributed by atoms with E-state index in [0.717, 1.165) is 18.2 Å². The van der Waals surface area contributed by atoms with Crippen LogP contribution < -0.4 is 10.1 Å². The van der Waals surface area contributed by atoms with Gasteiger partial charge in [-0.25, -0.2) is 0 Å². The molecule has 24 heavy (non-hydrogen) atoms. The van der Waals surface area contributed by atoms with Crippen molar-refractivity contribution in [2.45, 2.75) is 57.0 Å². The van der Waals surface area contributed by atoms with Crippen LogP contribution in [-0.4, -0.2) is 7.11 Å². The zero-order chi connectivity index (χ0) is 16.6. The zero-order valence-electron chi connectivity index (χ0n) is 14.8. The summed E-state index contributed by atoms with van der Waals surface area (Å²) in [6.45, 7) is 3.28. The third-order valence-electron chi connectivity index (χ3n) is 5.99. The van der Waals surface area contributed by atoms with Crippen LogP contribution in [-0.2, 0) is 18.5 Å². The summed E-state index contributed by atoms with van der Waals surface area (Å²) < 4.78 is 5.61. The van der Waals surface area contributed by atoms with Gasteiger partial charge >= 0.3 is 0 Å². The second kappa shape index (κ2) is 6.25. The summed E-state index contributed by atoms with van der Waals surface area (Å²) in [6, 6.07) is 15.3. The Hall–Kier alpha value is -1.80. The number of ether oxygens (including phenoxy) is 1. The van der Waals surface area contributed by atoms with E-state index in [1.165, 1.54) is 48.8 Å². The van der Waals surface area contributed by atoms with E-state index >= 15 is 0 Å². The Bertz CT molecular complexity index is 724. The maximum Gasteiger partial charge on any atom is 0.119 e. The average molecular weight is 321 g/mol. The Morgan fingerprint density at radius 3 is 2.79 bits per heavy atom. The normalized spacial score (nSPS) is 25.2. The fourth-order valence-corrected chi connectivity index (χ4v) is 4.59. The quantitative estimate of drug-likeness (QED) is 0.863. The van der Waals surface area contributed by atoms with Gasteiger partial charge in [0, 0.05) is 12.1 Å². The van der Waals surface area contributed by atoms with Crippen LogP contribution in [0, 0.1) is 0 Å². The summed E-state index contributed by atoms with van der Waals surface area (Å²) in [7, 11) is 1.78. The lowest BCUT2D eigenvalue weighted by Crippen LogP contribution is -2.43. The number of rotatable bonds is 4. The van der Waals surface area contributed by atoms with Gasteiger partial charge in [0.2, 0.25) is 0 Å². The van der Waals surface area contributed by atoms with E-state index in [1.807, 2.05) is 0 Å². The summed E-state index contributed by atoms with van der Waals surface area (Å²) in [4.78, 5) is 0. The molecule has 0 amide bonds. The van der Waals surface area contributed by atoms with Crippen LogP contribution in [0.3, 0.4) is 0 Å². The fourth-order valence-electron chi connectivity index (χ4n) is 4.59. The number of hydrogen-bond acceptors (Lipinski definition) is 2. The molecular weight excluding hydrogens is 294 g/mol. The van der Waals surface area contributed by atoms with Crippen molar-refractivity contribution in [1.29, 1.82) is 0 Å². The molecule has 0 aliphatic heterocycles. The van der Waals surface area contributed by atoms with E-state index in [0.29, 0.717) is 0 Å². The molecule has 1 N–H and O–H groups in total. The van der Waals surface area contributed by atoms with Crippen molar-refractivity contribution >= 4 is 0 Å². The molecule has 2 aliphatic carbocycles. The summed E-state index contributed by atoms with van der Waals surface area (Å²) in [5, 5.41) is 3.86. The van der Waals surface area contributed by atoms with Crippen molar-refractivity contribution in [3.05, 3.63) is 64.7 Å². The van der Waals surface area contributed by atoms with Gasteiger partial charge in [0.15, 0.2) is 0 Å². The molecule has 126 valence electrons. The smallest absolute Gasteiger partial charge is 0.119 e. The number of benzene rings is 2. The third-order valence-corrected chi connectivity index (χ3v) is 5.99. The number of hydrogen-bond donors (Lipinski definition) is 1. The van der Waals surface area contributed by atoms with Gasteiger partial charge in [-0.05, 0) is 79.3 Å². The molecule has 0 aromatic heterocycles. The number of nitrogens with one attached hydrogen (secondary N) is 1. The van der Waals surface area contributed by atoms with Gasteiger partial charge in [0.1, 0.15) is 5.75 Å². The van der Waals surface area contributed by atoms with Crippen LogP contribution >= 0.6 is 0 Å². The van der Waals surface area contributed by atoms with Crippen molar-refractivity contribution in [2.75, 3.05) is 7.11 Å². The van der Waals surface area contributed by atoms with Crippen LogP contribution in [0.2, 0.25) is 0 Å². The molecule has 2 aromatic rings. The van der Waals surface area contributed by atoms with E-state index in [2.05, 4.69) is 54.7 Å². The number of methoxy groups -OCH3 is 1. The molecule has 0 bridgehead atoms. The van der Waals surface area contributed by atoms with E-state index in [9.17, 15) is 0 Å². The fraction of sp³-hybridized carbons (Fsp3) is 0.455. The summed E-state index contributed by atoms with van der Waals surface area (Å²) in [6.07, 6.45) is 6.36. The first-order valence-electron chi connectivity index (χ1n) is 9.20. The Morgan fingerprint density at radius 2 is 2.00 bits per heavy atom. The molecule has 2 heteroatoms. The van der Waals surface area contributed by atoms with Gasteiger partial charge < -0.3 is 10.1 Å². The molecule has 0 fully saturated rings. The molecule has 2 nitrogen and oxygen atoms in total. The molecular formula is C22H27NO. The summed E-state index contributed by atoms with van der Waals surface area (Å²) >= 11 is 0. The highest BCUT2D eigenvalue weighted by Crippen LogP contribution is 2.48. The minimum atomic E-state index is 0.0301. The number of aryl methyl sites for hydroxylation is 1. The summed E-state index contributed by atoms with van der Waals surface area (Å²) in [5.74, 6) is 1.76. The van der Waals surface area contributed by atoms with E-state index in [-0.39, 0.29) is 5.54 Å². The van der Waals surface area contributed by atoms with Crippen LogP contribution in [0.25, 0.3) is 0 Å². The van der Waals surface area contributed by atoms with Gasteiger partial charge in [-0.15, -0.1) is 0 Å². The lowest BCUT2D eigenvalue weighted by Gasteiger charge is -2.43. The van der Waals surface area contributed by atoms with Crippen LogP contribution in [0.4, 0.5) is 0 Å². The third kappa shape index (κ3) is 2.73. The van der Waals surface area contributed by atoms with Crippen molar-refractivity contribution in [1.82, 2.24) is 5.32 Å². The Kier molecular flexibility index (Phi) is 4.09. The monoisotopic (exact) mass is 321 g/mol. The highest BCUT2D eigenvalue weighted by Gasteiger charge is 2.38. The lowest BCUT2D eigenvalue weighted by molar-refractivity contribution is 0.279. The molecule has 0 radical (unpaired) electrons. The largest absolute Gasteiger partial charge is 0.497 e. The second-order valence-electron chi connectivity index (χ2n) is 7.55. The van der Waals surface area contributed by atoms with Gasteiger partial charge in [0.05, 0.1) is 7.11 Å². The van der Waals surface area contributed by atoms with Crippen molar-refractivity contribution in [3.63, 3.8) is 0 Å². The maximum atomic E-state index is 5.61. The molecule has 2 atom stereocenters. The van der Waals surface area contributed by atoms with Crippen LogP contribution in [0.15, 0.2) is 42.5 Å². The Morgan fingerprint density at radius 1 is 1.17 bits per heavy atom. The second-order valence-corrected chi connectivity index (χ2v) is 7.55. The van der Waals surface area contributed by atoms with E-state index < -0.39 is 0 Å². The highest BCUT2D eigenvalue weighted by atomic mass is 16.5. The predicted octanol–water partition coefficient (Wildman–Crippen LogP) is 4.91. The Labute approximate surface area is 145 Å². The average Bonchev–Trinajstić information content (AvgIpc) is 2.64. The lowest BCUT2D eigenvalue weighted by atomic mass is 9.67. The predicted molar refractivity (Wildman–Crippen MR) is 98.5 cm³/mol. The molecule has 0 unspecified atom stereocenters. The van der Waals surface area contributed by atoms with Gasteiger partial charge in [-0.1, -0.05) is 30.3 Å². The van der Waals surface area contributed by atoms with E-state index in [4.69, 9.17) is 4.74 Å². The molecule has 0 saturated carbocycles.